The summed E-state index contributed by atoms with van der Waals surface area (Å²) in [4.78, 5) is 15.6. The molecule has 0 aliphatic carbocycles. The maximum absolute atomic E-state index is 10.7. The zero-order valence-electron chi connectivity index (χ0n) is 8.00. The predicted octanol–water partition coefficient (Wildman–Crippen LogP) is 2.66. The minimum atomic E-state index is -0.927. The van der Waals surface area contributed by atoms with Gasteiger partial charge < -0.3 is 5.11 Å². The summed E-state index contributed by atoms with van der Waals surface area (Å²) >= 11 is 1.48. The van der Waals surface area contributed by atoms with Gasteiger partial charge in [-0.3, -0.25) is 0 Å². The van der Waals surface area contributed by atoms with Gasteiger partial charge in [0.25, 0.3) is 0 Å². The van der Waals surface area contributed by atoms with Crippen LogP contribution in [0.3, 0.4) is 0 Å². The summed E-state index contributed by atoms with van der Waals surface area (Å²) in [6, 6.07) is 0. The molecule has 72 valence electrons. The molecule has 1 rings (SSSR count). The van der Waals surface area contributed by atoms with Crippen molar-refractivity contribution >= 4 is 17.3 Å². The van der Waals surface area contributed by atoms with Gasteiger partial charge in [-0.05, 0) is 13.3 Å². The number of aromatic carboxylic acids is 1. The lowest BCUT2D eigenvalue weighted by atomic mass is 10.1. The van der Waals surface area contributed by atoms with Crippen LogP contribution >= 0.6 is 11.3 Å². The fourth-order valence-corrected chi connectivity index (χ4v) is 2.05. The van der Waals surface area contributed by atoms with Gasteiger partial charge in [-0.25, -0.2) is 9.78 Å². The van der Waals surface area contributed by atoms with E-state index in [2.05, 4.69) is 18.8 Å². The first-order valence-corrected chi connectivity index (χ1v) is 5.08. The van der Waals surface area contributed by atoms with Crippen molar-refractivity contribution in [3.63, 3.8) is 0 Å². The number of hydrogen-bond acceptors (Lipinski definition) is 3. The van der Waals surface area contributed by atoms with Crippen LogP contribution in [0.5, 0.6) is 0 Å². The van der Waals surface area contributed by atoms with Crippen LogP contribution in [-0.2, 0) is 0 Å². The van der Waals surface area contributed by atoms with E-state index in [1.807, 2.05) is 0 Å². The second kappa shape index (κ2) is 3.87. The van der Waals surface area contributed by atoms with Gasteiger partial charge in [-0.2, -0.15) is 0 Å². The van der Waals surface area contributed by atoms with E-state index in [-0.39, 0.29) is 5.69 Å². The molecule has 1 unspecified atom stereocenters. The molecule has 0 radical (unpaired) electrons. The largest absolute Gasteiger partial charge is 0.476 e. The zero-order valence-corrected chi connectivity index (χ0v) is 8.81. The van der Waals surface area contributed by atoms with Gasteiger partial charge in [0.15, 0.2) is 5.69 Å². The van der Waals surface area contributed by atoms with Crippen LogP contribution in [-0.4, -0.2) is 16.1 Å². The Bertz CT molecular complexity index is 319. The van der Waals surface area contributed by atoms with Gasteiger partial charge >= 0.3 is 5.97 Å². The van der Waals surface area contributed by atoms with Gasteiger partial charge in [-0.15, -0.1) is 11.3 Å². The Kier molecular flexibility index (Phi) is 3.03. The van der Waals surface area contributed by atoms with Crippen molar-refractivity contribution in [1.82, 2.24) is 4.98 Å². The average Bonchev–Trinajstić information content (AvgIpc) is 2.46. The first-order valence-electron chi connectivity index (χ1n) is 4.26. The Morgan fingerprint density at radius 3 is 2.69 bits per heavy atom. The number of hydrogen-bond donors (Lipinski definition) is 1. The van der Waals surface area contributed by atoms with E-state index in [0.29, 0.717) is 5.92 Å². The lowest BCUT2D eigenvalue weighted by molar-refractivity contribution is 0.0690. The van der Waals surface area contributed by atoms with Crippen LogP contribution in [0.4, 0.5) is 0 Å². The molecule has 13 heavy (non-hydrogen) atoms. The van der Waals surface area contributed by atoms with E-state index in [9.17, 15) is 4.79 Å². The molecule has 1 atom stereocenters. The summed E-state index contributed by atoms with van der Waals surface area (Å²) in [7, 11) is 0. The van der Waals surface area contributed by atoms with Crippen molar-refractivity contribution in [2.75, 3.05) is 0 Å². The third-order valence-electron chi connectivity index (χ3n) is 2.05. The van der Waals surface area contributed by atoms with Gasteiger partial charge in [0.05, 0.1) is 5.01 Å². The van der Waals surface area contributed by atoms with Crippen LogP contribution < -0.4 is 0 Å². The SMILES string of the molecule is CCC(C)c1nc(C(=O)O)c(C)s1. The van der Waals surface area contributed by atoms with Crippen molar-refractivity contribution in [3.05, 3.63) is 15.6 Å². The van der Waals surface area contributed by atoms with Crippen LogP contribution in [0.25, 0.3) is 0 Å². The maximum Gasteiger partial charge on any atom is 0.355 e. The first-order chi connectivity index (χ1) is 6.06. The molecule has 1 heterocycles. The summed E-state index contributed by atoms with van der Waals surface area (Å²) in [5, 5.41) is 9.71. The molecule has 0 spiro atoms. The van der Waals surface area contributed by atoms with E-state index < -0.39 is 5.97 Å². The highest BCUT2D eigenvalue weighted by Crippen LogP contribution is 2.26. The summed E-state index contributed by atoms with van der Waals surface area (Å²) < 4.78 is 0. The lowest BCUT2D eigenvalue weighted by Crippen LogP contribution is -1.99. The molecule has 0 aliphatic heterocycles. The fourth-order valence-electron chi connectivity index (χ4n) is 1.00. The van der Waals surface area contributed by atoms with Gasteiger partial charge in [0.1, 0.15) is 0 Å². The molecule has 0 aliphatic rings. The highest BCUT2D eigenvalue weighted by Gasteiger charge is 2.16. The van der Waals surface area contributed by atoms with E-state index in [4.69, 9.17) is 5.11 Å². The minimum Gasteiger partial charge on any atom is -0.476 e. The van der Waals surface area contributed by atoms with E-state index in [1.165, 1.54) is 11.3 Å². The molecular formula is C9H13NO2S. The highest BCUT2D eigenvalue weighted by molar-refractivity contribution is 7.11. The fraction of sp³-hybridized carbons (Fsp3) is 0.556. The molecule has 0 fully saturated rings. The van der Waals surface area contributed by atoms with Crippen molar-refractivity contribution in [2.24, 2.45) is 0 Å². The Hall–Kier alpha value is -0.900. The second-order valence-corrected chi connectivity index (χ2v) is 4.31. The summed E-state index contributed by atoms with van der Waals surface area (Å²) in [6.45, 7) is 5.93. The molecule has 0 bridgehead atoms. The summed E-state index contributed by atoms with van der Waals surface area (Å²) in [6.07, 6.45) is 0.992. The summed E-state index contributed by atoms with van der Waals surface area (Å²) in [5.74, 6) is -0.569. The number of nitrogens with zero attached hydrogens (tertiary/aromatic N) is 1. The van der Waals surface area contributed by atoms with Crippen molar-refractivity contribution in [1.29, 1.82) is 0 Å². The average molecular weight is 199 g/mol. The van der Waals surface area contributed by atoms with E-state index in [1.54, 1.807) is 6.92 Å². The Morgan fingerprint density at radius 2 is 2.31 bits per heavy atom. The standard InChI is InChI=1S/C9H13NO2S/c1-4-5(2)8-10-7(9(11)12)6(3)13-8/h5H,4H2,1-3H3,(H,11,12). The quantitative estimate of drug-likeness (QED) is 0.814. The van der Waals surface area contributed by atoms with Crippen molar-refractivity contribution < 1.29 is 9.90 Å². The Morgan fingerprint density at radius 1 is 1.69 bits per heavy atom. The van der Waals surface area contributed by atoms with Gasteiger partial charge in [0, 0.05) is 10.8 Å². The van der Waals surface area contributed by atoms with Crippen molar-refractivity contribution in [3.8, 4) is 0 Å². The normalized spacial score (nSPS) is 12.8. The topological polar surface area (TPSA) is 50.2 Å². The number of carboxylic acid groups (broad SMARTS) is 1. The number of carboxylic acids is 1. The predicted molar refractivity (Wildman–Crippen MR) is 52.5 cm³/mol. The van der Waals surface area contributed by atoms with Crippen LogP contribution in [0.1, 0.15) is 46.6 Å². The molecule has 0 saturated heterocycles. The van der Waals surface area contributed by atoms with Gasteiger partial charge in [-0.1, -0.05) is 13.8 Å². The minimum absolute atomic E-state index is 0.209. The van der Waals surface area contributed by atoms with E-state index in [0.717, 1.165) is 16.3 Å². The van der Waals surface area contributed by atoms with Crippen LogP contribution in [0.15, 0.2) is 0 Å². The van der Waals surface area contributed by atoms with E-state index >= 15 is 0 Å². The highest BCUT2D eigenvalue weighted by atomic mass is 32.1. The molecule has 1 aromatic heterocycles. The van der Waals surface area contributed by atoms with Crippen LogP contribution in [0.2, 0.25) is 0 Å². The molecule has 0 amide bonds. The number of aryl methyl sites for hydroxylation is 1. The smallest absolute Gasteiger partial charge is 0.355 e. The molecular weight excluding hydrogens is 186 g/mol. The Labute approximate surface area is 81.4 Å². The first kappa shape index (κ1) is 10.2. The summed E-state index contributed by atoms with van der Waals surface area (Å²) in [5.41, 5.74) is 0.209. The number of carbonyl (C=O) groups is 1. The van der Waals surface area contributed by atoms with Crippen molar-refractivity contribution in [2.45, 2.75) is 33.1 Å². The van der Waals surface area contributed by atoms with Gasteiger partial charge in [0.2, 0.25) is 0 Å². The molecule has 0 aromatic carbocycles. The monoisotopic (exact) mass is 199 g/mol. The molecule has 4 heteroatoms. The molecule has 0 saturated carbocycles. The number of rotatable bonds is 3. The number of thiazole rings is 1. The number of aromatic nitrogens is 1. The molecule has 1 aromatic rings. The lowest BCUT2D eigenvalue weighted by Gasteiger charge is -2.01. The zero-order chi connectivity index (χ0) is 10.0. The Balaban J connectivity index is 3.01. The second-order valence-electron chi connectivity index (χ2n) is 3.07. The third-order valence-corrected chi connectivity index (χ3v) is 3.25. The molecule has 1 N–H and O–H groups in total. The van der Waals surface area contributed by atoms with Crippen LogP contribution in [0, 0.1) is 6.92 Å². The molecule has 3 nitrogen and oxygen atoms in total. The third kappa shape index (κ3) is 2.06. The maximum atomic E-state index is 10.7.